The van der Waals surface area contributed by atoms with E-state index in [0.717, 1.165) is 11.6 Å². The van der Waals surface area contributed by atoms with E-state index in [2.05, 4.69) is 36.6 Å². The summed E-state index contributed by atoms with van der Waals surface area (Å²) in [6.07, 6.45) is 5.16. The maximum Gasteiger partial charge on any atom is 0.0616 e. The van der Waals surface area contributed by atoms with Crippen LogP contribution in [0, 0.1) is 0 Å². The SMILES string of the molecule is CCNC(c1sccc1Cl)C1(N(C)C)CCCC1. The molecule has 102 valence electrons. The van der Waals surface area contributed by atoms with Crippen molar-refractivity contribution in [2.45, 2.75) is 44.2 Å². The van der Waals surface area contributed by atoms with Crippen LogP contribution in [-0.4, -0.2) is 31.1 Å². The predicted molar refractivity (Wildman–Crippen MR) is 80.6 cm³/mol. The van der Waals surface area contributed by atoms with E-state index in [9.17, 15) is 0 Å². The Morgan fingerprint density at radius 3 is 2.56 bits per heavy atom. The van der Waals surface area contributed by atoms with Gasteiger partial charge in [-0.25, -0.2) is 0 Å². The molecule has 2 rings (SSSR count). The molecule has 0 aliphatic heterocycles. The van der Waals surface area contributed by atoms with E-state index in [-0.39, 0.29) is 5.54 Å². The monoisotopic (exact) mass is 286 g/mol. The Labute approximate surface area is 119 Å². The molecule has 1 fully saturated rings. The number of thiophene rings is 1. The normalized spacial score (nSPS) is 20.5. The Hall–Kier alpha value is -0.0900. The Kier molecular flexibility index (Phi) is 4.70. The largest absolute Gasteiger partial charge is 0.308 e. The van der Waals surface area contributed by atoms with Crippen LogP contribution in [0.5, 0.6) is 0 Å². The van der Waals surface area contributed by atoms with Crippen LogP contribution in [0.4, 0.5) is 0 Å². The van der Waals surface area contributed by atoms with Crippen molar-refractivity contribution in [3.8, 4) is 0 Å². The molecule has 0 radical (unpaired) electrons. The van der Waals surface area contributed by atoms with Crippen LogP contribution in [0.2, 0.25) is 5.02 Å². The lowest BCUT2D eigenvalue weighted by Crippen LogP contribution is -2.51. The van der Waals surface area contributed by atoms with Gasteiger partial charge in [-0.2, -0.15) is 0 Å². The van der Waals surface area contributed by atoms with E-state index >= 15 is 0 Å². The summed E-state index contributed by atoms with van der Waals surface area (Å²) in [6.45, 7) is 3.15. The van der Waals surface area contributed by atoms with Gasteiger partial charge in [-0.1, -0.05) is 31.4 Å². The number of hydrogen-bond acceptors (Lipinski definition) is 3. The zero-order valence-electron chi connectivity index (χ0n) is 11.5. The molecule has 1 saturated carbocycles. The van der Waals surface area contributed by atoms with E-state index in [1.165, 1.54) is 30.6 Å². The quantitative estimate of drug-likeness (QED) is 0.882. The fourth-order valence-electron chi connectivity index (χ4n) is 3.22. The summed E-state index contributed by atoms with van der Waals surface area (Å²) in [4.78, 5) is 3.71. The first-order chi connectivity index (χ1) is 8.62. The highest BCUT2D eigenvalue weighted by Crippen LogP contribution is 2.46. The van der Waals surface area contributed by atoms with Crippen molar-refractivity contribution in [3.63, 3.8) is 0 Å². The number of nitrogens with one attached hydrogen (secondary N) is 1. The average molecular weight is 287 g/mol. The molecule has 1 aromatic heterocycles. The molecule has 0 saturated heterocycles. The smallest absolute Gasteiger partial charge is 0.0616 e. The lowest BCUT2D eigenvalue weighted by Gasteiger charge is -2.43. The summed E-state index contributed by atoms with van der Waals surface area (Å²) in [7, 11) is 4.41. The number of rotatable bonds is 5. The van der Waals surface area contributed by atoms with Crippen LogP contribution in [0.15, 0.2) is 11.4 Å². The van der Waals surface area contributed by atoms with Crippen molar-refractivity contribution < 1.29 is 0 Å². The van der Waals surface area contributed by atoms with E-state index < -0.39 is 0 Å². The summed E-state index contributed by atoms with van der Waals surface area (Å²) in [5.74, 6) is 0. The first-order valence-electron chi connectivity index (χ1n) is 6.75. The third kappa shape index (κ3) is 2.46. The van der Waals surface area contributed by atoms with Crippen molar-refractivity contribution in [2.75, 3.05) is 20.6 Å². The third-order valence-corrected chi connectivity index (χ3v) is 5.64. The summed E-state index contributed by atoms with van der Waals surface area (Å²) < 4.78 is 0. The highest BCUT2D eigenvalue weighted by atomic mass is 35.5. The highest BCUT2D eigenvalue weighted by molar-refractivity contribution is 7.10. The molecule has 1 unspecified atom stereocenters. The molecule has 2 nitrogen and oxygen atoms in total. The predicted octanol–water partition coefficient (Wildman–Crippen LogP) is 3.93. The Morgan fingerprint density at radius 2 is 2.11 bits per heavy atom. The van der Waals surface area contributed by atoms with Gasteiger partial charge in [0.2, 0.25) is 0 Å². The van der Waals surface area contributed by atoms with Crippen molar-refractivity contribution in [3.05, 3.63) is 21.3 Å². The van der Waals surface area contributed by atoms with Gasteiger partial charge in [0, 0.05) is 10.4 Å². The van der Waals surface area contributed by atoms with Gasteiger partial charge < -0.3 is 10.2 Å². The molecule has 1 atom stereocenters. The Bertz CT molecular complexity index is 383. The summed E-state index contributed by atoms with van der Waals surface area (Å²) in [6, 6.07) is 2.37. The van der Waals surface area contributed by atoms with Gasteiger partial charge >= 0.3 is 0 Å². The molecule has 1 aliphatic carbocycles. The maximum absolute atomic E-state index is 6.37. The lowest BCUT2D eigenvalue weighted by atomic mass is 9.85. The molecular formula is C14H23ClN2S. The zero-order valence-corrected chi connectivity index (χ0v) is 13.1. The van der Waals surface area contributed by atoms with Crippen LogP contribution in [-0.2, 0) is 0 Å². The van der Waals surface area contributed by atoms with Gasteiger partial charge in [0.05, 0.1) is 11.1 Å². The van der Waals surface area contributed by atoms with Crippen molar-refractivity contribution >= 4 is 22.9 Å². The molecule has 1 aromatic rings. The minimum Gasteiger partial charge on any atom is -0.308 e. The fraction of sp³-hybridized carbons (Fsp3) is 0.714. The van der Waals surface area contributed by atoms with E-state index in [4.69, 9.17) is 11.6 Å². The van der Waals surface area contributed by atoms with Crippen LogP contribution < -0.4 is 5.32 Å². The third-order valence-electron chi connectivity index (χ3n) is 4.21. The standard InChI is InChI=1S/C14H23ClN2S/c1-4-16-13(12-11(15)7-10-18-12)14(17(2)3)8-5-6-9-14/h7,10,13,16H,4-6,8-9H2,1-3H3. The number of nitrogens with zero attached hydrogens (tertiary/aromatic N) is 1. The molecular weight excluding hydrogens is 264 g/mol. The fourth-order valence-corrected chi connectivity index (χ4v) is 4.57. The molecule has 1 N–H and O–H groups in total. The number of hydrogen-bond donors (Lipinski definition) is 1. The molecule has 18 heavy (non-hydrogen) atoms. The van der Waals surface area contributed by atoms with Crippen molar-refractivity contribution in [2.24, 2.45) is 0 Å². The second-order valence-electron chi connectivity index (χ2n) is 5.33. The lowest BCUT2D eigenvalue weighted by molar-refractivity contribution is 0.107. The summed E-state index contributed by atoms with van der Waals surface area (Å²) >= 11 is 8.15. The van der Waals surface area contributed by atoms with E-state index in [1.54, 1.807) is 11.3 Å². The van der Waals surface area contributed by atoms with Crippen molar-refractivity contribution in [1.29, 1.82) is 0 Å². The van der Waals surface area contributed by atoms with Crippen LogP contribution in [0.3, 0.4) is 0 Å². The molecule has 0 spiro atoms. The van der Waals surface area contributed by atoms with Gasteiger partial charge in [-0.3, -0.25) is 0 Å². The molecule has 1 heterocycles. The van der Waals surface area contributed by atoms with Gasteiger partial charge in [0.15, 0.2) is 0 Å². The van der Waals surface area contributed by atoms with Gasteiger partial charge in [0.25, 0.3) is 0 Å². The van der Waals surface area contributed by atoms with Crippen LogP contribution in [0.1, 0.15) is 43.5 Å². The zero-order chi connectivity index (χ0) is 13.2. The second kappa shape index (κ2) is 5.91. The Morgan fingerprint density at radius 1 is 1.44 bits per heavy atom. The number of likely N-dealkylation sites (N-methyl/N-ethyl adjacent to an activating group) is 2. The molecule has 0 amide bonds. The van der Waals surface area contributed by atoms with Crippen molar-refractivity contribution in [1.82, 2.24) is 10.2 Å². The number of halogens is 1. The molecule has 0 aromatic carbocycles. The minimum absolute atomic E-state index is 0.227. The van der Waals surface area contributed by atoms with Gasteiger partial charge in [0.1, 0.15) is 0 Å². The Balaban J connectivity index is 2.37. The molecule has 4 heteroatoms. The topological polar surface area (TPSA) is 15.3 Å². The minimum atomic E-state index is 0.227. The average Bonchev–Trinajstić information content (AvgIpc) is 2.95. The maximum atomic E-state index is 6.37. The first kappa shape index (κ1) is 14.3. The molecule has 1 aliphatic rings. The van der Waals surface area contributed by atoms with E-state index in [1.807, 2.05) is 6.07 Å². The van der Waals surface area contributed by atoms with E-state index in [0.29, 0.717) is 6.04 Å². The second-order valence-corrected chi connectivity index (χ2v) is 6.68. The van der Waals surface area contributed by atoms with Crippen LogP contribution in [0.25, 0.3) is 0 Å². The highest BCUT2D eigenvalue weighted by Gasteiger charge is 2.44. The van der Waals surface area contributed by atoms with Crippen LogP contribution >= 0.6 is 22.9 Å². The van der Waals surface area contributed by atoms with Gasteiger partial charge in [-0.15, -0.1) is 11.3 Å². The summed E-state index contributed by atoms with van der Waals surface area (Å²) in [5, 5.41) is 6.69. The first-order valence-corrected chi connectivity index (χ1v) is 8.01. The van der Waals surface area contributed by atoms with Gasteiger partial charge in [-0.05, 0) is 44.9 Å². The summed E-state index contributed by atoms with van der Waals surface area (Å²) in [5.41, 5.74) is 0.227. The molecule has 0 bridgehead atoms.